The molecule has 0 unspecified atom stereocenters. The first-order valence-corrected chi connectivity index (χ1v) is 5.32. The van der Waals surface area contributed by atoms with Crippen molar-refractivity contribution >= 4 is 6.02 Å². The maximum absolute atomic E-state index is 5.30. The third-order valence-electron chi connectivity index (χ3n) is 2.34. The van der Waals surface area contributed by atoms with Gasteiger partial charge in [-0.15, -0.1) is 0 Å². The molecule has 1 aromatic carbocycles. The van der Waals surface area contributed by atoms with Gasteiger partial charge in [-0.2, -0.15) is 0 Å². The van der Waals surface area contributed by atoms with Crippen LogP contribution in [-0.2, 0) is 11.2 Å². The smallest absolute Gasteiger partial charge is 0.285 e. The number of ether oxygens (including phenoxy) is 1. The van der Waals surface area contributed by atoms with Crippen LogP contribution in [0.3, 0.4) is 0 Å². The fourth-order valence-corrected chi connectivity index (χ4v) is 1.65. The van der Waals surface area contributed by atoms with Crippen LogP contribution in [0, 0.1) is 0 Å². The summed E-state index contributed by atoms with van der Waals surface area (Å²) in [6.45, 7) is 3.62. The highest BCUT2D eigenvalue weighted by molar-refractivity contribution is 5.75. The summed E-state index contributed by atoms with van der Waals surface area (Å²) in [5.41, 5.74) is 1.33. The standard InChI is InChI=1S/C12H16N2O/c1-10(14-12-13-7-8-15-12)9-11-5-3-2-4-6-11/h2-6,10H,7-9H2,1H3,(H,13,14)/t10-/m1/s1. The highest BCUT2D eigenvalue weighted by Gasteiger charge is 2.10. The van der Waals surface area contributed by atoms with Gasteiger partial charge in [-0.3, -0.25) is 0 Å². The van der Waals surface area contributed by atoms with Gasteiger partial charge >= 0.3 is 0 Å². The molecule has 1 aromatic rings. The molecule has 3 nitrogen and oxygen atoms in total. The zero-order valence-electron chi connectivity index (χ0n) is 8.94. The average molecular weight is 204 g/mol. The third-order valence-corrected chi connectivity index (χ3v) is 2.34. The van der Waals surface area contributed by atoms with Gasteiger partial charge in [0.25, 0.3) is 6.02 Å². The highest BCUT2D eigenvalue weighted by atomic mass is 16.5. The summed E-state index contributed by atoms with van der Waals surface area (Å²) in [5.74, 6) is 0. The predicted octanol–water partition coefficient (Wildman–Crippen LogP) is 1.59. The van der Waals surface area contributed by atoms with E-state index in [4.69, 9.17) is 4.74 Å². The van der Waals surface area contributed by atoms with Crippen LogP contribution in [0.4, 0.5) is 0 Å². The van der Waals surface area contributed by atoms with E-state index in [0.29, 0.717) is 18.7 Å². The summed E-state index contributed by atoms with van der Waals surface area (Å²) in [6.07, 6.45) is 0.989. The van der Waals surface area contributed by atoms with Crippen molar-refractivity contribution < 1.29 is 4.74 Å². The van der Waals surface area contributed by atoms with Gasteiger partial charge in [-0.05, 0) is 18.9 Å². The van der Waals surface area contributed by atoms with E-state index in [-0.39, 0.29) is 0 Å². The van der Waals surface area contributed by atoms with Crippen LogP contribution in [0.1, 0.15) is 12.5 Å². The fourth-order valence-electron chi connectivity index (χ4n) is 1.65. The lowest BCUT2D eigenvalue weighted by atomic mass is 10.1. The Kier molecular flexibility index (Phi) is 3.22. The summed E-state index contributed by atoms with van der Waals surface area (Å²) in [7, 11) is 0. The molecule has 0 spiro atoms. The van der Waals surface area contributed by atoms with Crippen molar-refractivity contribution in [1.82, 2.24) is 5.32 Å². The lowest BCUT2D eigenvalue weighted by Crippen LogP contribution is -2.34. The predicted molar refractivity (Wildman–Crippen MR) is 61.0 cm³/mol. The normalized spacial score (nSPS) is 16.7. The second kappa shape index (κ2) is 4.82. The molecule has 80 valence electrons. The lowest BCUT2D eigenvalue weighted by molar-refractivity contribution is 0.326. The van der Waals surface area contributed by atoms with Crippen molar-refractivity contribution in [3.05, 3.63) is 35.9 Å². The summed E-state index contributed by atoms with van der Waals surface area (Å²) < 4.78 is 5.30. The molecular weight excluding hydrogens is 188 g/mol. The molecular formula is C12H16N2O. The molecule has 1 aliphatic rings. The minimum absolute atomic E-state index is 0.351. The van der Waals surface area contributed by atoms with Crippen molar-refractivity contribution in [1.29, 1.82) is 0 Å². The van der Waals surface area contributed by atoms with Crippen LogP contribution in [0.2, 0.25) is 0 Å². The van der Waals surface area contributed by atoms with Crippen LogP contribution < -0.4 is 5.32 Å². The van der Waals surface area contributed by atoms with E-state index in [1.807, 2.05) is 6.07 Å². The molecule has 0 fully saturated rings. The molecule has 1 aliphatic heterocycles. The Hall–Kier alpha value is -1.51. The molecule has 1 atom stereocenters. The van der Waals surface area contributed by atoms with E-state index in [0.717, 1.165) is 13.0 Å². The first kappa shape index (κ1) is 10.0. The van der Waals surface area contributed by atoms with Gasteiger partial charge in [0.1, 0.15) is 6.61 Å². The first-order valence-electron chi connectivity index (χ1n) is 5.32. The SMILES string of the molecule is C[C@H](Cc1ccccc1)NC1=NCCO1. The highest BCUT2D eigenvalue weighted by Crippen LogP contribution is 2.03. The number of rotatable bonds is 3. The van der Waals surface area contributed by atoms with Crippen LogP contribution >= 0.6 is 0 Å². The maximum atomic E-state index is 5.30. The van der Waals surface area contributed by atoms with E-state index in [1.54, 1.807) is 0 Å². The Morgan fingerprint density at radius 2 is 2.20 bits per heavy atom. The summed E-state index contributed by atoms with van der Waals surface area (Å²) >= 11 is 0. The van der Waals surface area contributed by atoms with Gasteiger partial charge < -0.3 is 10.1 Å². The Bertz CT molecular complexity index is 335. The fraction of sp³-hybridized carbons (Fsp3) is 0.417. The average Bonchev–Trinajstić information content (AvgIpc) is 2.71. The van der Waals surface area contributed by atoms with Crippen molar-refractivity contribution in [3.8, 4) is 0 Å². The first-order chi connectivity index (χ1) is 7.34. The molecule has 2 rings (SSSR count). The zero-order valence-corrected chi connectivity index (χ0v) is 8.94. The van der Waals surface area contributed by atoms with Gasteiger partial charge in [0.15, 0.2) is 0 Å². The second-order valence-corrected chi connectivity index (χ2v) is 3.77. The molecule has 0 aliphatic carbocycles. The second-order valence-electron chi connectivity index (χ2n) is 3.77. The van der Waals surface area contributed by atoms with Crippen LogP contribution in [0.15, 0.2) is 35.3 Å². The van der Waals surface area contributed by atoms with Gasteiger partial charge in [0.05, 0.1) is 6.54 Å². The minimum Gasteiger partial charge on any atom is -0.463 e. The van der Waals surface area contributed by atoms with Gasteiger partial charge in [0.2, 0.25) is 0 Å². The van der Waals surface area contributed by atoms with Gasteiger partial charge in [-0.25, -0.2) is 4.99 Å². The van der Waals surface area contributed by atoms with E-state index >= 15 is 0 Å². The molecule has 0 aromatic heterocycles. The zero-order chi connectivity index (χ0) is 10.5. The van der Waals surface area contributed by atoms with E-state index in [9.17, 15) is 0 Å². The van der Waals surface area contributed by atoms with Gasteiger partial charge in [0, 0.05) is 6.04 Å². The Labute approximate surface area is 90.2 Å². The van der Waals surface area contributed by atoms with E-state index < -0.39 is 0 Å². The number of hydrogen-bond donors (Lipinski definition) is 1. The maximum Gasteiger partial charge on any atom is 0.285 e. The molecule has 0 radical (unpaired) electrons. The third kappa shape index (κ3) is 2.98. The minimum atomic E-state index is 0.351. The van der Waals surface area contributed by atoms with E-state index in [2.05, 4.69) is 41.5 Å². The largest absolute Gasteiger partial charge is 0.463 e. The van der Waals surface area contributed by atoms with Gasteiger partial charge in [-0.1, -0.05) is 30.3 Å². The number of aliphatic imine (C=N–C) groups is 1. The van der Waals surface area contributed by atoms with Crippen molar-refractivity contribution in [2.45, 2.75) is 19.4 Å². The molecule has 0 saturated carbocycles. The summed E-state index contributed by atoms with van der Waals surface area (Å²) in [5, 5.41) is 3.26. The summed E-state index contributed by atoms with van der Waals surface area (Å²) in [6, 6.07) is 11.5. The quantitative estimate of drug-likeness (QED) is 0.811. The Morgan fingerprint density at radius 1 is 1.40 bits per heavy atom. The van der Waals surface area contributed by atoms with Crippen LogP contribution in [-0.4, -0.2) is 25.2 Å². The number of benzene rings is 1. The summed E-state index contributed by atoms with van der Waals surface area (Å²) in [4.78, 5) is 4.20. The molecule has 0 amide bonds. The number of nitrogens with zero attached hydrogens (tertiary/aromatic N) is 1. The topological polar surface area (TPSA) is 33.6 Å². The van der Waals surface area contributed by atoms with Crippen LogP contribution in [0.5, 0.6) is 0 Å². The van der Waals surface area contributed by atoms with Crippen molar-refractivity contribution in [2.75, 3.05) is 13.2 Å². The lowest BCUT2D eigenvalue weighted by Gasteiger charge is -2.14. The van der Waals surface area contributed by atoms with Crippen molar-refractivity contribution in [3.63, 3.8) is 0 Å². The van der Waals surface area contributed by atoms with E-state index in [1.165, 1.54) is 5.56 Å². The molecule has 0 bridgehead atoms. The van der Waals surface area contributed by atoms with Crippen LogP contribution in [0.25, 0.3) is 0 Å². The molecule has 15 heavy (non-hydrogen) atoms. The molecule has 3 heteroatoms. The Morgan fingerprint density at radius 3 is 2.87 bits per heavy atom. The van der Waals surface area contributed by atoms with Crippen molar-refractivity contribution in [2.24, 2.45) is 4.99 Å². The number of amidine groups is 1. The molecule has 1 N–H and O–H groups in total. The molecule has 0 saturated heterocycles. The number of hydrogen-bond acceptors (Lipinski definition) is 3. The Balaban J connectivity index is 1.84. The number of nitrogens with one attached hydrogen (secondary N) is 1. The monoisotopic (exact) mass is 204 g/mol. The molecule has 1 heterocycles.